The number of rotatable bonds is 5. The average Bonchev–Trinajstić information content (AvgIpc) is 2.67. The number of pyridine rings is 1. The Morgan fingerprint density at radius 1 is 1.08 bits per heavy atom. The van der Waals surface area contributed by atoms with Crippen LogP contribution in [0.4, 0.5) is 17.3 Å². The predicted molar refractivity (Wildman–Crippen MR) is 95.4 cm³/mol. The number of piperidine rings is 2. The average molecular weight is 350 g/mol. The summed E-state index contributed by atoms with van der Waals surface area (Å²) in [5.41, 5.74) is 0.0563. The van der Waals surface area contributed by atoms with Gasteiger partial charge in [0, 0.05) is 46.5 Å². The third kappa shape index (κ3) is 4.01. The van der Waals surface area contributed by atoms with Crippen molar-refractivity contribution < 1.29 is 14.4 Å². The lowest BCUT2D eigenvalue weighted by molar-refractivity contribution is -0.384. The van der Waals surface area contributed by atoms with Crippen molar-refractivity contribution in [1.29, 1.82) is 0 Å². The van der Waals surface area contributed by atoms with Crippen LogP contribution in [-0.2, 0) is 9.47 Å². The molecule has 0 aliphatic carbocycles. The van der Waals surface area contributed by atoms with E-state index in [-0.39, 0.29) is 22.8 Å². The second-order valence-corrected chi connectivity index (χ2v) is 6.66. The topological polar surface area (TPSA) is 81.0 Å². The van der Waals surface area contributed by atoms with Gasteiger partial charge in [-0.1, -0.05) is 0 Å². The maximum atomic E-state index is 11.5. The number of hydrogen-bond acceptors (Lipinski definition) is 7. The third-order valence-electron chi connectivity index (χ3n) is 5.08. The molecule has 1 aromatic heterocycles. The lowest BCUT2D eigenvalue weighted by Gasteiger charge is -2.35. The van der Waals surface area contributed by atoms with Gasteiger partial charge in [0.1, 0.15) is 5.82 Å². The molecule has 2 atom stereocenters. The summed E-state index contributed by atoms with van der Waals surface area (Å²) in [5, 5.41) is 11.5. The molecule has 2 aliphatic heterocycles. The van der Waals surface area contributed by atoms with E-state index in [9.17, 15) is 10.1 Å². The molecular formula is C17H26N4O4. The summed E-state index contributed by atoms with van der Waals surface area (Å²) >= 11 is 0. The van der Waals surface area contributed by atoms with Crippen LogP contribution in [0.5, 0.6) is 0 Å². The van der Waals surface area contributed by atoms with Gasteiger partial charge in [0.15, 0.2) is 0 Å². The van der Waals surface area contributed by atoms with Crippen molar-refractivity contribution in [3.63, 3.8) is 0 Å². The number of anilines is 2. The summed E-state index contributed by atoms with van der Waals surface area (Å²) in [6.45, 7) is 3.05. The first kappa shape index (κ1) is 17.9. The SMILES string of the molecule is COC1CCCN(c2ccc([N+](=O)[O-])c(N3CCCC(OC)C3)n2)C1. The number of hydrogen-bond donors (Lipinski definition) is 0. The van der Waals surface area contributed by atoms with E-state index in [1.807, 2.05) is 4.90 Å². The van der Waals surface area contributed by atoms with E-state index in [0.717, 1.165) is 51.1 Å². The molecule has 0 N–H and O–H groups in total. The van der Waals surface area contributed by atoms with Crippen LogP contribution >= 0.6 is 0 Å². The summed E-state index contributed by atoms with van der Waals surface area (Å²) in [6.07, 6.45) is 4.25. The van der Waals surface area contributed by atoms with E-state index in [4.69, 9.17) is 9.47 Å². The molecular weight excluding hydrogens is 324 g/mol. The van der Waals surface area contributed by atoms with Crippen molar-refractivity contribution in [3.05, 3.63) is 22.2 Å². The first-order valence-electron chi connectivity index (χ1n) is 8.83. The Morgan fingerprint density at radius 2 is 1.68 bits per heavy atom. The molecule has 25 heavy (non-hydrogen) atoms. The van der Waals surface area contributed by atoms with Gasteiger partial charge in [0.05, 0.1) is 17.1 Å². The highest BCUT2D eigenvalue weighted by atomic mass is 16.6. The van der Waals surface area contributed by atoms with Gasteiger partial charge in [-0.3, -0.25) is 10.1 Å². The zero-order valence-electron chi connectivity index (χ0n) is 14.9. The molecule has 2 unspecified atom stereocenters. The number of aromatic nitrogens is 1. The molecule has 0 amide bonds. The largest absolute Gasteiger partial charge is 0.380 e. The monoisotopic (exact) mass is 350 g/mol. The summed E-state index contributed by atoms with van der Waals surface area (Å²) in [4.78, 5) is 19.9. The lowest BCUT2D eigenvalue weighted by Crippen LogP contribution is -2.41. The predicted octanol–water partition coefficient (Wildman–Crippen LogP) is 2.22. The van der Waals surface area contributed by atoms with Crippen LogP contribution in [0.2, 0.25) is 0 Å². The fourth-order valence-corrected chi connectivity index (χ4v) is 3.64. The lowest BCUT2D eigenvalue weighted by atomic mass is 10.1. The van der Waals surface area contributed by atoms with Crippen molar-refractivity contribution in [1.82, 2.24) is 4.98 Å². The summed E-state index contributed by atoms with van der Waals surface area (Å²) in [7, 11) is 3.41. The highest BCUT2D eigenvalue weighted by Gasteiger charge is 2.29. The van der Waals surface area contributed by atoms with Gasteiger partial charge >= 0.3 is 5.69 Å². The molecule has 138 valence electrons. The van der Waals surface area contributed by atoms with Crippen LogP contribution in [-0.4, -0.2) is 62.5 Å². The fraction of sp³-hybridized carbons (Fsp3) is 0.706. The van der Waals surface area contributed by atoms with E-state index in [1.165, 1.54) is 0 Å². The van der Waals surface area contributed by atoms with Gasteiger partial charge in [0.25, 0.3) is 0 Å². The van der Waals surface area contributed by atoms with Gasteiger partial charge in [-0.15, -0.1) is 0 Å². The Hall–Kier alpha value is -1.93. The Labute approximate surface area is 147 Å². The van der Waals surface area contributed by atoms with Crippen LogP contribution in [0.3, 0.4) is 0 Å². The molecule has 0 saturated carbocycles. The van der Waals surface area contributed by atoms with Crippen molar-refractivity contribution in [2.45, 2.75) is 37.9 Å². The van der Waals surface area contributed by atoms with Gasteiger partial charge in [-0.2, -0.15) is 0 Å². The zero-order chi connectivity index (χ0) is 17.8. The van der Waals surface area contributed by atoms with Crippen LogP contribution in [0, 0.1) is 10.1 Å². The third-order valence-corrected chi connectivity index (χ3v) is 5.08. The number of ether oxygens (including phenoxy) is 2. The van der Waals surface area contributed by atoms with Gasteiger partial charge in [-0.05, 0) is 31.7 Å². The minimum absolute atomic E-state index is 0.0563. The molecule has 0 spiro atoms. The maximum absolute atomic E-state index is 11.5. The van der Waals surface area contributed by atoms with Crippen LogP contribution in [0.15, 0.2) is 12.1 Å². The summed E-state index contributed by atoms with van der Waals surface area (Å²) < 4.78 is 10.9. The quantitative estimate of drug-likeness (QED) is 0.595. The summed E-state index contributed by atoms with van der Waals surface area (Å²) in [5.74, 6) is 1.23. The van der Waals surface area contributed by atoms with Crippen molar-refractivity contribution in [2.75, 3.05) is 50.2 Å². The normalized spacial score (nSPS) is 24.4. The summed E-state index contributed by atoms with van der Waals surface area (Å²) in [6, 6.07) is 3.32. The molecule has 0 bridgehead atoms. The molecule has 3 heterocycles. The van der Waals surface area contributed by atoms with E-state index < -0.39 is 0 Å². The highest BCUT2D eigenvalue weighted by Crippen LogP contribution is 2.32. The minimum Gasteiger partial charge on any atom is -0.380 e. The molecule has 8 heteroatoms. The van der Waals surface area contributed by atoms with Gasteiger partial charge in [0.2, 0.25) is 5.82 Å². The minimum atomic E-state index is -0.351. The van der Waals surface area contributed by atoms with Gasteiger partial charge < -0.3 is 19.3 Å². The highest BCUT2D eigenvalue weighted by molar-refractivity contribution is 5.62. The second-order valence-electron chi connectivity index (χ2n) is 6.66. The molecule has 2 fully saturated rings. The molecule has 2 aliphatic rings. The first-order valence-corrected chi connectivity index (χ1v) is 8.83. The van der Waals surface area contributed by atoms with Crippen molar-refractivity contribution in [3.8, 4) is 0 Å². The van der Waals surface area contributed by atoms with Gasteiger partial charge in [-0.25, -0.2) is 4.98 Å². The smallest absolute Gasteiger partial charge is 0.311 e. The van der Waals surface area contributed by atoms with E-state index >= 15 is 0 Å². The second kappa shape index (κ2) is 7.97. The first-order chi connectivity index (χ1) is 12.1. The Bertz CT molecular complexity index is 612. The maximum Gasteiger partial charge on any atom is 0.311 e. The van der Waals surface area contributed by atoms with Crippen LogP contribution in [0.25, 0.3) is 0 Å². The Balaban J connectivity index is 1.88. The number of methoxy groups -OCH3 is 2. The molecule has 8 nitrogen and oxygen atoms in total. The van der Waals surface area contributed by atoms with Crippen molar-refractivity contribution >= 4 is 17.3 Å². The van der Waals surface area contributed by atoms with E-state index in [2.05, 4.69) is 9.88 Å². The van der Waals surface area contributed by atoms with E-state index in [1.54, 1.807) is 26.4 Å². The van der Waals surface area contributed by atoms with E-state index in [0.29, 0.717) is 12.4 Å². The van der Waals surface area contributed by atoms with Crippen molar-refractivity contribution in [2.24, 2.45) is 0 Å². The molecule has 3 rings (SSSR count). The standard InChI is InChI=1S/C17H26N4O4/c1-24-13-5-3-9-19(11-13)16-8-7-15(21(22)23)17(18-16)20-10-4-6-14(12-20)25-2/h7-8,13-14H,3-6,9-12H2,1-2H3. The molecule has 1 aromatic rings. The Kier molecular flexibility index (Phi) is 5.70. The van der Waals surface area contributed by atoms with Crippen LogP contribution < -0.4 is 9.80 Å². The molecule has 2 saturated heterocycles. The number of nitro groups is 1. The Morgan fingerprint density at radius 3 is 2.28 bits per heavy atom. The molecule has 0 radical (unpaired) electrons. The van der Waals surface area contributed by atoms with Crippen LogP contribution in [0.1, 0.15) is 25.7 Å². The molecule has 0 aromatic carbocycles. The zero-order valence-corrected chi connectivity index (χ0v) is 14.9. The fourth-order valence-electron chi connectivity index (χ4n) is 3.64. The number of nitrogens with zero attached hydrogens (tertiary/aromatic N) is 4.